The average Bonchev–Trinajstić information content (AvgIpc) is 3.43. The normalized spacial score (nSPS) is 13.7. The molecule has 6 nitrogen and oxygen atoms in total. The second kappa shape index (κ2) is 7.20. The lowest BCUT2D eigenvalue weighted by molar-refractivity contribution is -0.123. The minimum Gasteiger partial charge on any atom is -0.483 e. The molecule has 1 amide bonds. The molecule has 0 radical (unpaired) electrons. The van der Waals surface area contributed by atoms with E-state index in [2.05, 4.69) is 10.3 Å². The molecule has 2 aromatic heterocycles. The van der Waals surface area contributed by atoms with Crippen LogP contribution in [0.5, 0.6) is 17.2 Å². The molecule has 1 aliphatic rings. The number of nitrogens with zero attached hydrogens (tertiary/aromatic N) is 1. The topological polar surface area (TPSA) is 69.7 Å². The maximum atomic E-state index is 12.5. The number of amides is 1. The zero-order chi connectivity index (χ0) is 20.0. The van der Waals surface area contributed by atoms with E-state index in [1.807, 2.05) is 49.6 Å². The van der Waals surface area contributed by atoms with Crippen LogP contribution in [0.2, 0.25) is 0 Å². The van der Waals surface area contributed by atoms with Crippen molar-refractivity contribution in [1.82, 2.24) is 10.3 Å². The van der Waals surface area contributed by atoms with E-state index in [-0.39, 0.29) is 25.3 Å². The van der Waals surface area contributed by atoms with Gasteiger partial charge in [-0.25, -0.2) is 4.98 Å². The van der Waals surface area contributed by atoms with Crippen molar-refractivity contribution in [3.63, 3.8) is 0 Å². The van der Waals surface area contributed by atoms with Gasteiger partial charge in [0.1, 0.15) is 5.75 Å². The lowest BCUT2D eigenvalue weighted by Gasteiger charge is -2.15. The van der Waals surface area contributed by atoms with Gasteiger partial charge in [-0.05, 0) is 43.0 Å². The van der Waals surface area contributed by atoms with Crippen molar-refractivity contribution < 1.29 is 19.0 Å². The molecule has 0 bridgehead atoms. The summed E-state index contributed by atoms with van der Waals surface area (Å²) in [6, 6.07) is 9.49. The summed E-state index contributed by atoms with van der Waals surface area (Å²) in [5, 5.41) is 7.00. The molecule has 4 aromatic rings. The van der Waals surface area contributed by atoms with Gasteiger partial charge in [0.05, 0.1) is 26.0 Å². The van der Waals surface area contributed by atoms with Crippen LogP contribution in [0.3, 0.4) is 0 Å². The maximum Gasteiger partial charge on any atom is 0.258 e. The van der Waals surface area contributed by atoms with Crippen LogP contribution in [0.1, 0.15) is 23.5 Å². The van der Waals surface area contributed by atoms with Crippen LogP contribution in [-0.2, 0) is 4.79 Å². The number of carbonyl (C=O) groups excluding carboxylic acids is 1. The van der Waals surface area contributed by atoms with Gasteiger partial charge < -0.3 is 19.5 Å². The molecule has 8 heteroatoms. The van der Waals surface area contributed by atoms with Gasteiger partial charge in [-0.1, -0.05) is 6.07 Å². The van der Waals surface area contributed by atoms with Crippen molar-refractivity contribution in [1.29, 1.82) is 0 Å². The van der Waals surface area contributed by atoms with Gasteiger partial charge in [0, 0.05) is 11.5 Å². The Bertz CT molecular complexity index is 1230. The number of rotatable bonds is 5. The minimum absolute atomic E-state index is 0.0524. The molecule has 0 saturated carbocycles. The predicted octanol–water partition coefficient (Wildman–Crippen LogP) is 4.80. The molecule has 3 heterocycles. The smallest absolute Gasteiger partial charge is 0.258 e. The summed E-state index contributed by atoms with van der Waals surface area (Å²) in [5.41, 5.74) is 1.95. The number of hydrogen-bond acceptors (Lipinski definition) is 7. The quantitative estimate of drug-likeness (QED) is 0.496. The van der Waals surface area contributed by atoms with E-state index in [0.717, 1.165) is 36.6 Å². The number of fused-ring (bicyclic) bond motifs is 4. The monoisotopic (exact) mass is 426 g/mol. The van der Waals surface area contributed by atoms with Crippen molar-refractivity contribution in [2.24, 2.45) is 0 Å². The third kappa shape index (κ3) is 3.38. The van der Waals surface area contributed by atoms with E-state index < -0.39 is 0 Å². The maximum absolute atomic E-state index is 12.5. The summed E-state index contributed by atoms with van der Waals surface area (Å²) >= 11 is 3.27. The Labute approximate surface area is 175 Å². The Morgan fingerprint density at radius 2 is 2.14 bits per heavy atom. The van der Waals surface area contributed by atoms with Crippen molar-refractivity contribution in [2.45, 2.75) is 19.9 Å². The van der Waals surface area contributed by atoms with Gasteiger partial charge in [0.15, 0.2) is 18.1 Å². The lowest BCUT2D eigenvalue weighted by atomic mass is 10.1. The molecule has 2 aromatic carbocycles. The van der Waals surface area contributed by atoms with Crippen LogP contribution in [0, 0.1) is 6.92 Å². The number of carbonyl (C=O) groups is 1. The Kier molecular flexibility index (Phi) is 4.52. The van der Waals surface area contributed by atoms with Gasteiger partial charge in [0.2, 0.25) is 6.79 Å². The SMILES string of the molecule is Cc1nc2c(cc(OCC(=O)NC(C)c3ccc4c(c3)OCO4)c3ccsc32)s1. The van der Waals surface area contributed by atoms with Gasteiger partial charge in [-0.2, -0.15) is 0 Å². The molecule has 148 valence electrons. The number of thiazole rings is 1. The molecule has 1 N–H and O–H groups in total. The van der Waals surface area contributed by atoms with E-state index in [1.165, 1.54) is 0 Å². The molecule has 0 aliphatic carbocycles. The Balaban J connectivity index is 1.29. The fraction of sp³-hybridized carbons (Fsp3) is 0.238. The third-order valence-electron chi connectivity index (χ3n) is 4.80. The fourth-order valence-corrected chi connectivity index (χ4v) is 5.23. The number of thiophene rings is 1. The summed E-state index contributed by atoms with van der Waals surface area (Å²) in [5.74, 6) is 1.96. The molecule has 1 aliphatic heterocycles. The fourth-order valence-electron chi connectivity index (χ4n) is 3.40. The highest BCUT2D eigenvalue weighted by Gasteiger charge is 2.18. The van der Waals surface area contributed by atoms with Crippen LogP contribution in [0.25, 0.3) is 20.3 Å². The highest BCUT2D eigenvalue weighted by molar-refractivity contribution is 7.21. The molecule has 0 spiro atoms. The number of hydrogen-bond donors (Lipinski definition) is 1. The molecule has 5 rings (SSSR count). The summed E-state index contributed by atoms with van der Waals surface area (Å²) in [4.78, 5) is 17.1. The molecule has 0 fully saturated rings. The van der Waals surface area contributed by atoms with Crippen molar-refractivity contribution in [3.8, 4) is 17.2 Å². The molecular weight excluding hydrogens is 408 g/mol. The zero-order valence-electron chi connectivity index (χ0n) is 15.9. The third-order valence-corrected chi connectivity index (χ3v) is 6.64. The Hall–Kier alpha value is -2.84. The van der Waals surface area contributed by atoms with E-state index in [0.29, 0.717) is 11.5 Å². The van der Waals surface area contributed by atoms with Crippen molar-refractivity contribution >= 4 is 48.9 Å². The number of nitrogens with one attached hydrogen (secondary N) is 1. The molecule has 1 unspecified atom stereocenters. The van der Waals surface area contributed by atoms with Crippen LogP contribution in [0.15, 0.2) is 35.7 Å². The summed E-state index contributed by atoms with van der Waals surface area (Å²) in [7, 11) is 0. The Morgan fingerprint density at radius 1 is 1.28 bits per heavy atom. The second-order valence-corrected chi connectivity index (χ2v) is 8.96. The van der Waals surface area contributed by atoms with Gasteiger partial charge in [-0.15, -0.1) is 22.7 Å². The molecule has 29 heavy (non-hydrogen) atoms. The number of ether oxygens (including phenoxy) is 3. The van der Waals surface area contributed by atoms with E-state index in [4.69, 9.17) is 14.2 Å². The van der Waals surface area contributed by atoms with Crippen molar-refractivity contribution in [2.75, 3.05) is 13.4 Å². The number of aryl methyl sites for hydroxylation is 1. The largest absolute Gasteiger partial charge is 0.483 e. The molecule has 0 saturated heterocycles. The highest BCUT2D eigenvalue weighted by Crippen LogP contribution is 2.39. The van der Waals surface area contributed by atoms with E-state index in [9.17, 15) is 4.79 Å². The number of benzene rings is 2. The van der Waals surface area contributed by atoms with Gasteiger partial charge in [0.25, 0.3) is 5.91 Å². The van der Waals surface area contributed by atoms with Crippen LogP contribution in [0.4, 0.5) is 0 Å². The molecule has 1 atom stereocenters. The highest BCUT2D eigenvalue weighted by atomic mass is 32.1. The lowest BCUT2D eigenvalue weighted by Crippen LogP contribution is -2.31. The van der Waals surface area contributed by atoms with E-state index in [1.54, 1.807) is 22.7 Å². The standard InChI is InChI=1S/C21H18N2O4S2/c1-11(13-3-4-15-17(7-13)27-10-26-15)22-19(24)9-25-16-8-18-20(23-12(2)29-18)21-14(16)5-6-28-21/h3-8,11H,9-10H2,1-2H3,(H,22,24). The number of aromatic nitrogens is 1. The minimum atomic E-state index is -0.181. The van der Waals surface area contributed by atoms with Crippen LogP contribution >= 0.6 is 22.7 Å². The summed E-state index contributed by atoms with van der Waals surface area (Å²) in [6.45, 7) is 4.10. The van der Waals surface area contributed by atoms with Gasteiger partial charge >= 0.3 is 0 Å². The van der Waals surface area contributed by atoms with Gasteiger partial charge in [-0.3, -0.25) is 4.79 Å². The first kappa shape index (κ1) is 18.2. The van der Waals surface area contributed by atoms with E-state index >= 15 is 0 Å². The first-order valence-electron chi connectivity index (χ1n) is 9.17. The Morgan fingerprint density at radius 3 is 3.03 bits per heavy atom. The predicted molar refractivity (Wildman–Crippen MR) is 114 cm³/mol. The van der Waals surface area contributed by atoms with Crippen LogP contribution < -0.4 is 19.5 Å². The first-order valence-corrected chi connectivity index (χ1v) is 10.9. The summed E-state index contributed by atoms with van der Waals surface area (Å²) < 4.78 is 18.8. The first-order chi connectivity index (χ1) is 14.1. The summed E-state index contributed by atoms with van der Waals surface area (Å²) in [6.07, 6.45) is 0. The molecular formula is C21H18N2O4S2. The zero-order valence-corrected chi connectivity index (χ0v) is 17.5. The average molecular weight is 427 g/mol. The second-order valence-electron chi connectivity index (χ2n) is 6.81. The van der Waals surface area contributed by atoms with Crippen molar-refractivity contribution in [3.05, 3.63) is 46.3 Å². The van der Waals surface area contributed by atoms with Crippen LogP contribution in [-0.4, -0.2) is 24.3 Å².